The van der Waals surface area contributed by atoms with E-state index in [4.69, 9.17) is 4.74 Å². The van der Waals surface area contributed by atoms with Gasteiger partial charge in [-0.05, 0) is 53.6 Å². The predicted molar refractivity (Wildman–Crippen MR) is 128 cm³/mol. The van der Waals surface area contributed by atoms with Gasteiger partial charge < -0.3 is 9.64 Å². The van der Waals surface area contributed by atoms with E-state index >= 15 is 0 Å². The van der Waals surface area contributed by atoms with E-state index in [1.54, 1.807) is 24.3 Å². The van der Waals surface area contributed by atoms with E-state index in [2.05, 4.69) is 46.3 Å². The van der Waals surface area contributed by atoms with Crippen molar-refractivity contribution < 1.29 is 13.5 Å². The summed E-state index contributed by atoms with van der Waals surface area (Å²) in [5, 5.41) is 0. The van der Waals surface area contributed by atoms with Crippen LogP contribution >= 0.6 is 0 Å². The van der Waals surface area contributed by atoms with Crippen LogP contribution < -0.4 is 0 Å². The molecule has 4 rings (SSSR count). The van der Waals surface area contributed by atoms with Gasteiger partial charge in [-0.15, -0.1) is 0 Å². The number of ether oxygens (including phenoxy) is 1. The first-order chi connectivity index (χ1) is 16.2. The highest BCUT2D eigenvalue weighted by Gasteiger charge is 2.18. The summed E-state index contributed by atoms with van der Waals surface area (Å²) in [5.41, 5.74) is 3.04. The lowest BCUT2D eigenvalue weighted by atomic mass is 10.0. The molecule has 33 heavy (non-hydrogen) atoms. The van der Waals surface area contributed by atoms with Gasteiger partial charge in [-0.1, -0.05) is 60.7 Å². The Labute approximate surface area is 194 Å². The SMILES string of the molecule is Fc1ccc(C(OCCN2CCN(C=CCc3ccccc3)CC2)c2ccc(F)cc2)cc1. The van der Waals surface area contributed by atoms with Gasteiger partial charge in [0, 0.05) is 32.7 Å². The molecule has 1 aliphatic heterocycles. The van der Waals surface area contributed by atoms with Crippen molar-refractivity contribution in [2.75, 3.05) is 39.3 Å². The number of halogens is 2. The number of hydrogen-bond donors (Lipinski definition) is 0. The van der Waals surface area contributed by atoms with Gasteiger partial charge in [0.25, 0.3) is 0 Å². The lowest BCUT2D eigenvalue weighted by molar-refractivity contribution is 0.0502. The number of hydrogen-bond acceptors (Lipinski definition) is 3. The molecule has 3 aromatic carbocycles. The van der Waals surface area contributed by atoms with Crippen LogP contribution in [0.4, 0.5) is 8.78 Å². The van der Waals surface area contributed by atoms with Crippen molar-refractivity contribution in [1.82, 2.24) is 9.80 Å². The largest absolute Gasteiger partial charge is 0.375 e. The van der Waals surface area contributed by atoms with Gasteiger partial charge in [0.1, 0.15) is 17.7 Å². The Morgan fingerprint density at radius 1 is 0.758 bits per heavy atom. The highest BCUT2D eigenvalue weighted by atomic mass is 19.1. The van der Waals surface area contributed by atoms with Crippen molar-refractivity contribution in [1.29, 1.82) is 0 Å². The van der Waals surface area contributed by atoms with Crippen LogP contribution in [0.5, 0.6) is 0 Å². The maximum Gasteiger partial charge on any atom is 0.123 e. The van der Waals surface area contributed by atoms with Crippen LogP contribution in [0.25, 0.3) is 0 Å². The number of rotatable bonds is 9. The Hall–Kier alpha value is -3.02. The van der Waals surface area contributed by atoms with Gasteiger partial charge in [0.2, 0.25) is 0 Å². The monoisotopic (exact) mass is 448 g/mol. The Bertz CT molecular complexity index is 953. The molecule has 0 amide bonds. The summed E-state index contributed by atoms with van der Waals surface area (Å²) in [7, 11) is 0. The zero-order valence-corrected chi connectivity index (χ0v) is 18.7. The molecular weight excluding hydrogens is 418 g/mol. The minimum atomic E-state index is -0.353. The molecule has 172 valence electrons. The molecule has 0 aliphatic carbocycles. The fourth-order valence-corrected chi connectivity index (χ4v) is 4.05. The Morgan fingerprint density at radius 3 is 1.91 bits per heavy atom. The van der Waals surface area contributed by atoms with Crippen LogP contribution in [-0.2, 0) is 11.2 Å². The van der Waals surface area contributed by atoms with E-state index in [0.717, 1.165) is 50.3 Å². The summed E-state index contributed by atoms with van der Waals surface area (Å²) >= 11 is 0. The number of nitrogens with zero attached hydrogens (tertiary/aromatic N) is 2. The van der Waals surface area contributed by atoms with Crippen LogP contribution in [0.3, 0.4) is 0 Å². The van der Waals surface area contributed by atoms with Crippen molar-refractivity contribution in [3.63, 3.8) is 0 Å². The lowest BCUT2D eigenvalue weighted by Crippen LogP contribution is -2.45. The molecule has 0 saturated carbocycles. The minimum absolute atomic E-state index is 0.285. The average Bonchev–Trinajstić information content (AvgIpc) is 2.85. The third-order valence-corrected chi connectivity index (χ3v) is 5.96. The summed E-state index contributed by atoms with van der Waals surface area (Å²) in [4.78, 5) is 4.76. The number of piperazine rings is 1. The van der Waals surface area contributed by atoms with Crippen LogP contribution in [0.1, 0.15) is 22.8 Å². The maximum atomic E-state index is 13.4. The van der Waals surface area contributed by atoms with Gasteiger partial charge in [0.05, 0.1) is 6.61 Å². The van der Waals surface area contributed by atoms with Gasteiger partial charge in [0.15, 0.2) is 0 Å². The minimum Gasteiger partial charge on any atom is -0.375 e. The number of benzene rings is 3. The highest BCUT2D eigenvalue weighted by Crippen LogP contribution is 2.26. The normalized spacial score (nSPS) is 14.9. The van der Waals surface area contributed by atoms with Crippen LogP contribution in [0.15, 0.2) is 91.1 Å². The Kier molecular flexibility index (Phi) is 8.23. The third-order valence-electron chi connectivity index (χ3n) is 5.96. The second-order valence-corrected chi connectivity index (χ2v) is 8.31. The van der Waals surface area contributed by atoms with E-state index in [1.165, 1.54) is 29.8 Å². The standard InChI is InChI=1S/C28H30F2N2O/c29-26-12-8-24(9-13-26)28(25-10-14-27(30)15-11-25)33-22-21-32-19-17-31(18-20-32)16-4-7-23-5-2-1-3-6-23/h1-6,8-16,28H,7,17-22H2. The van der Waals surface area contributed by atoms with Crippen molar-refractivity contribution in [2.24, 2.45) is 0 Å². The van der Waals surface area contributed by atoms with Crippen LogP contribution in [0.2, 0.25) is 0 Å². The predicted octanol–water partition coefficient (Wildman–Crippen LogP) is 5.44. The topological polar surface area (TPSA) is 15.7 Å². The van der Waals surface area contributed by atoms with E-state index in [-0.39, 0.29) is 17.7 Å². The first-order valence-electron chi connectivity index (χ1n) is 11.5. The molecule has 0 atom stereocenters. The molecule has 1 aliphatic rings. The van der Waals surface area contributed by atoms with Crippen molar-refractivity contribution in [2.45, 2.75) is 12.5 Å². The molecule has 1 fully saturated rings. The maximum absolute atomic E-state index is 13.4. The van der Waals surface area contributed by atoms with Crippen LogP contribution in [0, 0.1) is 11.6 Å². The molecule has 0 aromatic heterocycles. The zero-order valence-electron chi connectivity index (χ0n) is 18.7. The molecule has 0 unspecified atom stereocenters. The van der Waals surface area contributed by atoms with Crippen molar-refractivity contribution in [3.8, 4) is 0 Å². The molecule has 1 saturated heterocycles. The Morgan fingerprint density at radius 2 is 1.33 bits per heavy atom. The third kappa shape index (κ3) is 6.98. The van der Waals surface area contributed by atoms with Crippen LogP contribution in [-0.4, -0.2) is 49.1 Å². The lowest BCUT2D eigenvalue weighted by Gasteiger charge is -2.34. The molecule has 0 bridgehead atoms. The van der Waals surface area contributed by atoms with Crippen molar-refractivity contribution >= 4 is 0 Å². The Balaban J connectivity index is 1.25. The van der Waals surface area contributed by atoms with E-state index < -0.39 is 0 Å². The fraction of sp³-hybridized carbons (Fsp3) is 0.286. The molecule has 0 N–H and O–H groups in total. The summed E-state index contributed by atoms with van der Waals surface area (Å²) in [6.45, 7) is 5.31. The van der Waals surface area contributed by atoms with E-state index in [9.17, 15) is 8.78 Å². The second-order valence-electron chi connectivity index (χ2n) is 8.31. The fourth-order valence-electron chi connectivity index (χ4n) is 4.05. The summed E-state index contributed by atoms with van der Waals surface area (Å²) in [5.74, 6) is -0.570. The molecule has 3 nitrogen and oxygen atoms in total. The molecule has 5 heteroatoms. The van der Waals surface area contributed by atoms with Crippen molar-refractivity contribution in [3.05, 3.63) is 119 Å². The summed E-state index contributed by atoms with van der Waals surface area (Å²) in [6, 6.07) is 23.1. The highest BCUT2D eigenvalue weighted by molar-refractivity contribution is 5.30. The van der Waals surface area contributed by atoms with E-state index in [0.29, 0.717) is 6.61 Å². The van der Waals surface area contributed by atoms with E-state index in [1.807, 2.05) is 6.07 Å². The molecule has 0 radical (unpaired) electrons. The molecule has 3 aromatic rings. The molecule has 0 spiro atoms. The second kappa shape index (κ2) is 11.7. The quantitative estimate of drug-likeness (QED) is 0.433. The van der Waals surface area contributed by atoms with Gasteiger partial charge in [-0.2, -0.15) is 0 Å². The summed E-state index contributed by atoms with van der Waals surface area (Å²) in [6.07, 6.45) is 5.03. The van der Waals surface area contributed by atoms with Gasteiger partial charge >= 0.3 is 0 Å². The molecular formula is C28H30F2N2O. The molecule has 1 heterocycles. The van der Waals surface area contributed by atoms with Gasteiger partial charge in [-0.3, -0.25) is 4.90 Å². The smallest absolute Gasteiger partial charge is 0.123 e. The number of allylic oxidation sites excluding steroid dienone is 1. The summed E-state index contributed by atoms with van der Waals surface area (Å²) < 4.78 is 33.0. The first kappa shape index (κ1) is 23.1. The van der Waals surface area contributed by atoms with Gasteiger partial charge in [-0.25, -0.2) is 8.78 Å². The first-order valence-corrected chi connectivity index (χ1v) is 11.5. The average molecular weight is 449 g/mol. The zero-order chi connectivity index (χ0) is 22.9.